The number of H-pyrrole nitrogens is 1. The Morgan fingerprint density at radius 2 is 2.25 bits per heavy atom. The maximum absolute atomic E-state index is 12.9. The number of carbonyl (C=O) groups is 1. The van der Waals surface area contributed by atoms with E-state index in [0.29, 0.717) is 11.6 Å². The van der Waals surface area contributed by atoms with E-state index in [0.717, 1.165) is 42.5 Å². The molecule has 1 aromatic heterocycles. The Morgan fingerprint density at radius 3 is 3.00 bits per heavy atom. The van der Waals surface area contributed by atoms with E-state index in [-0.39, 0.29) is 17.9 Å². The summed E-state index contributed by atoms with van der Waals surface area (Å²) in [5.41, 5.74) is 3.15. The van der Waals surface area contributed by atoms with Gasteiger partial charge in [-0.2, -0.15) is 5.10 Å². The normalized spacial score (nSPS) is 18.0. The van der Waals surface area contributed by atoms with Crippen molar-refractivity contribution in [3.05, 3.63) is 52.3 Å². The maximum atomic E-state index is 12.9. The zero-order valence-electron chi connectivity index (χ0n) is 13.7. The number of rotatable bonds is 6. The summed E-state index contributed by atoms with van der Waals surface area (Å²) in [5, 5.41) is 11.0. The van der Waals surface area contributed by atoms with Gasteiger partial charge < -0.3 is 10.1 Å². The number of nitrogens with one attached hydrogen (secondary N) is 2. The summed E-state index contributed by atoms with van der Waals surface area (Å²) in [5.74, 6) is -0.0850. The van der Waals surface area contributed by atoms with Gasteiger partial charge in [0.05, 0.1) is 18.2 Å². The van der Waals surface area contributed by atoms with Crippen LogP contribution in [0.25, 0.3) is 0 Å². The average molecular weight is 348 g/mol. The second kappa shape index (κ2) is 7.81. The first-order valence-corrected chi connectivity index (χ1v) is 8.63. The molecule has 1 amide bonds. The van der Waals surface area contributed by atoms with Crippen LogP contribution >= 0.6 is 11.6 Å². The molecule has 0 saturated heterocycles. The first-order chi connectivity index (χ1) is 11.7. The highest BCUT2D eigenvalue weighted by Crippen LogP contribution is 2.31. The first-order valence-electron chi connectivity index (χ1n) is 8.26. The van der Waals surface area contributed by atoms with Gasteiger partial charge in [0, 0.05) is 30.0 Å². The molecule has 1 aliphatic carbocycles. The summed E-state index contributed by atoms with van der Waals surface area (Å²) in [6.07, 6.45) is 5.32. The number of aromatic amines is 1. The van der Waals surface area contributed by atoms with Gasteiger partial charge in [-0.25, -0.2) is 0 Å². The molecule has 0 saturated carbocycles. The van der Waals surface area contributed by atoms with Crippen LogP contribution in [0.2, 0.25) is 5.02 Å². The van der Waals surface area contributed by atoms with Gasteiger partial charge >= 0.3 is 0 Å². The lowest BCUT2D eigenvalue weighted by atomic mass is 9.86. The average Bonchev–Trinajstić information content (AvgIpc) is 3.08. The molecule has 2 N–H and O–H groups in total. The second-order valence-corrected chi connectivity index (χ2v) is 6.58. The number of ether oxygens (including phenoxy) is 1. The number of fused-ring (bicyclic) bond motifs is 1. The Morgan fingerprint density at radius 1 is 1.46 bits per heavy atom. The van der Waals surface area contributed by atoms with Crippen molar-refractivity contribution in [3.63, 3.8) is 0 Å². The molecule has 2 atom stereocenters. The number of benzene rings is 1. The van der Waals surface area contributed by atoms with Crippen molar-refractivity contribution in [2.45, 2.75) is 37.6 Å². The Labute approximate surface area is 146 Å². The number of nitrogens with zero attached hydrogens (tertiary/aromatic N) is 1. The fraction of sp³-hybridized carbons (Fsp3) is 0.444. The highest BCUT2D eigenvalue weighted by molar-refractivity contribution is 6.30. The van der Waals surface area contributed by atoms with Crippen LogP contribution < -0.4 is 5.32 Å². The molecule has 3 rings (SSSR count). The van der Waals surface area contributed by atoms with Crippen molar-refractivity contribution in [3.8, 4) is 0 Å². The van der Waals surface area contributed by atoms with Crippen LogP contribution in [-0.4, -0.2) is 29.8 Å². The lowest BCUT2D eigenvalue weighted by Gasteiger charge is -2.25. The van der Waals surface area contributed by atoms with Crippen molar-refractivity contribution in [2.75, 3.05) is 13.7 Å². The predicted octanol–water partition coefficient (Wildman–Crippen LogP) is 3.38. The lowest BCUT2D eigenvalue weighted by Crippen LogP contribution is -2.34. The third kappa shape index (κ3) is 3.79. The molecule has 0 radical (unpaired) electrons. The third-order valence-electron chi connectivity index (χ3n) is 4.56. The molecular formula is C18H22ClN3O2. The minimum absolute atomic E-state index is 0.0494. The zero-order valence-corrected chi connectivity index (χ0v) is 14.5. The summed E-state index contributed by atoms with van der Waals surface area (Å²) < 4.78 is 5.20. The number of halogens is 1. The molecule has 0 spiro atoms. The Bertz CT molecular complexity index is 684. The zero-order chi connectivity index (χ0) is 16.9. The number of amides is 1. The smallest absolute Gasteiger partial charge is 0.228 e. The van der Waals surface area contributed by atoms with Crippen molar-refractivity contribution in [1.29, 1.82) is 0 Å². The second-order valence-electron chi connectivity index (χ2n) is 6.14. The number of hydrogen-bond acceptors (Lipinski definition) is 3. The molecular weight excluding hydrogens is 326 g/mol. The van der Waals surface area contributed by atoms with E-state index in [1.807, 2.05) is 24.3 Å². The third-order valence-corrected chi connectivity index (χ3v) is 4.81. The Balaban J connectivity index is 1.75. The highest BCUT2D eigenvalue weighted by atomic mass is 35.5. The monoisotopic (exact) mass is 347 g/mol. The quantitative estimate of drug-likeness (QED) is 0.841. The van der Waals surface area contributed by atoms with Gasteiger partial charge in [-0.15, -0.1) is 0 Å². The number of aryl methyl sites for hydroxylation is 1. The van der Waals surface area contributed by atoms with Gasteiger partial charge in [-0.05, 0) is 43.4 Å². The van der Waals surface area contributed by atoms with E-state index in [1.54, 1.807) is 13.3 Å². The van der Waals surface area contributed by atoms with E-state index in [4.69, 9.17) is 16.3 Å². The van der Waals surface area contributed by atoms with Gasteiger partial charge in [0.2, 0.25) is 5.91 Å². The van der Waals surface area contributed by atoms with Gasteiger partial charge in [0.15, 0.2) is 0 Å². The standard InChI is InChI=1S/C18H22ClN3O2/c1-24-10-9-16(12-5-7-13(19)8-6-12)21-18(23)14-3-2-4-17-15(14)11-20-22-17/h5-8,11,14,16H,2-4,9-10H2,1H3,(H,20,22)(H,21,23)/t14-,16+/m0/s1. The molecule has 1 aromatic carbocycles. The van der Waals surface area contributed by atoms with E-state index < -0.39 is 0 Å². The van der Waals surface area contributed by atoms with Crippen molar-refractivity contribution in [1.82, 2.24) is 15.5 Å². The summed E-state index contributed by atoms with van der Waals surface area (Å²) in [6.45, 7) is 0.579. The van der Waals surface area contributed by atoms with Crippen molar-refractivity contribution >= 4 is 17.5 Å². The molecule has 1 aliphatic rings. The summed E-state index contributed by atoms with van der Waals surface area (Å²) >= 11 is 5.97. The SMILES string of the molecule is COCC[C@@H](NC(=O)[C@H]1CCCc2[nH]ncc21)c1ccc(Cl)cc1. The molecule has 0 bridgehead atoms. The largest absolute Gasteiger partial charge is 0.385 e. The molecule has 0 aliphatic heterocycles. The maximum Gasteiger partial charge on any atom is 0.228 e. The fourth-order valence-electron chi connectivity index (χ4n) is 3.26. The van der Waals surface area contributed by atoms with Crippen LogP contribution in [0.1, 0.15) is 48.0 Å². The van der Waals surface area contributed by atoms with Gasteiger partial charge in [0.25, 0.3) is 0 Å². The molecule has 0 fully saturated rings. The number of carbonyl (C=O) groups excluding carboxylic acids is 1. The van der Waals surface area contributed by atoms with Crippen LogP contribution in [0.15, 0.2) is 30.5 Å². The molecule has 5 nitrogen and oxygen atoms in total. The minimum atomic E-state index is -0.134. The Kier molecular flexibility index (Phi) is 5.53. The fourth-order valence-corrected chi connectivity index (χ4v) is 3.38. The van der Waals surface area contributed by atoms with Crippen molar-refractivity contribution in [2.24, 2.45) is 0 Å². The summed E-state index contributed by atoms with van der Waals surface area (Å²) in [7, 11) is 1.67. The van der Waals surface area contributed by atoms with Crippen LogP contribution in [0.3, 0.4) is 0 Å². The van der Waals surface area contributed by atoms with E-state index in [9.17, 15) is 4.79 Å². The van der Waals surface area contributed by atoms with Gasteiger partial charge in [-0.1, -0.05) is 23.7 Å². The van der Waals surface area contributed by atoms with Crippen LogP contribution in [0, 0.1) is 0 Å². The molecule has 0 unspecified atom stereocenters. The first kappa shape index (κ1) is 17.0. The number of aromatic nitrogens is 2. The summed E-state index contributed by atoms with van der Waals surface area (Å²) in [6, 6.07) is 7.50. The topological polar surface area (TPSA) is 67.0 Å². The van der Waals surface area contributed by atoms with E-state index in [1.165, 1.54) is 0 Å². The van der Waals surface area contributed by atoms with E-state index >= 15 is 0 Å². The van der Waals surface area contributed by atoms with E-state index in [2.05, 4.69) is 15.5 Å². The summed E-state index contributed by atoms with van der Waals surface area (Å²) in [4.78, 5) is 12.9. The van der Waals surface area contributed by atoms with Crippen LogP contribution in [0.5, 0.6) is 0 Å². The van der Waals surface area contributed by atoms with Crippen LogP contribution in [-0.2, 0) is 16.0 Å². The number of hydrogen-bond donors (Lipinski definition) is 2. The van der Waals surface area contributed by atoms with Gasteiger partial charge in [0.1, 0.15) is 0 Å². The lowest BCUT2D eigenvalue weighted by molar-refractivity contribution is -0.123. The number of methoxy groups -OCH3 is 1. The van der Waals surface area contributed by atoms with Crippen molar-refractivity contribution < 1.29 is 9.53 Å². The minimum Gasteiger partial charge on any atom is -0.385 e. The van der Waals surface area contributed by atoms with Gasteiger partial charge in [-0.3, -0.25) is 9.89 Å². The van der Waals surface area contributed by atoms with Crippen LogP contribution in [0.4, 0.5) is 0 Å². The molecule has 24 heavy (non-hydrogen) atoms. The Hall–Kier alpha value is -1.85. The highest BCUT2D eigenvalue weighted by Gasteiger charge is 2.29. The molecule has 2 aromatic rings. The molecule has 1 heterocycles. The molecule has 6 heteroatoms. The predicted molar refractivity (Wildman–Crippen MR) is 93.1 cm³/mol. The molecule has 128 valence electrons.